The van der Waals surface area contributed by atoms with Crippen molar-refractivity contribution in [3.8, 4) is 5.88 Å². The second-order valence-electron chi connectivity index (χ2n) is 7.41. The zero-order valence-electron chi connectivity index (χ0n) is 15.5. The van der Waals surface area contributed by atoms with Crippen LogP contribution in [0.25, 0.3) is 0 Å². The fourth-order valence-electron chi connectivity index (χ4n) is 4.13. The first-order valence-electron chi connectivity index (χ1n) is 9.91. The van der Waals surface area contributed by atoms with Crippen LogP contribution in [0.3, 0.4) is 0 Å². The summed E-state index contributed by atoms with van der Waals surface area (Å²) in [5.74, 6) is 3.86. The van der Waals surface area contributed by atoms with Gasteiger partial charge in [0.15, 0.2) is 5.82 Å². The SMILES string of the molecule is CCn1cnnc1C1CCN(c2cncc(OCC3CCCC3)n2)CC1. The third kappa shape index (κ3) is 3.81. The standard InChI is InChI=1S/C19H28N6O/c1-2-24-14-21-23-19(24)16-7-9-25(10-8-16)17-11-20-12-18(22-17)26-13-15-5-3-4-6-15/h11-12,14-16H,2-10,13H2,1H3. The van der Waals surface area contributed by atoms with Crippen molar-refractivity contribution in [1.29, 1.82) is 0 Å². The van der Waals surface area contributed by atoms with Crippen molar-refractivity contribution in [2.45, 2.75) is 57.9 Å². The Morgan fingerprint density at radius 1 is 1.12 bits per heavy atom. The summed E-state index contributed by atoms with van der Waals surface area (Å²) in [6.07, 6.45) is 12.8. The van der Waals surface area contributed by atoms with E-state index in [-0.39, 0.29) is 0 Å². The number of ether oxygens (including phenoxy) is 1. The molecule has 0 radical (unpaired) electrons. The Morgan fingerprint density at radius 3 is 2.69 bits per heavy atom. The van der Waals surface area contributed by atoms with Gasteiger partial charge >= 0.3 is 0 Å². The van der Waals surface area contributed by atoms with E-state index in [1.165, 1.54) is 25.7 Å². The molecule has 0 N–H and O–H groups in total. The molecule has 0 unspecified atom stereocenters. The average Bonchev–Trinajstić information content (AvgIpc) is 3.38. The maximum Gasteiger partial charge on any atom is 0.234 e. The van der Waals surface area contributed by atoms with Crippen molar-refractivity contribution in [3.63, 3.8) is 0 Å². The largest absolute Gasteiger partial charge is 0.476 e. The molecular weight excluding hydrogens is 328 g/mol. The van der Waals surface area contributed by atoms with E-state index in [4.69, 9.17) is 4.74 Å². The monoisotopic (exact) mass is 356 g/mol. The van der Waals surface area contributed by atoms with Gasteiger partial charge in [0.25, 0.3) is 0 Å². The first kappa shape index (κ1) is 17.2. The second kappa shape index (κ2) is 8.01. The lowest BCUT2D eigenvalue weighted by molar-refractivity contribution is 0.242. The number of piperidine rings is 1. The van der Waals surface area contributed by atoms with Gasteiger partial charge in [0.2, 0.25) is 5.88 Å². The molecule has 1 aliphatic carbocycles. The van der Waals surface area contributed by atoms with E-state index in [9.17, 15) is 0 Å². The van der Waals surface area contributed by atoms with Gasteiger partial charge in [-0.1, -0.05) is 12.8 Å². The number of nitrogens with zero attached hydrogens (tertiary/aromatic N) is 6. The zero-order valence-corrected chi connectivity index (χ0v) is 15.5. The Hall–Kier alpha value is -2.18. The minimum Gasteiger partial charge on any atom is -0.476 e. The quantitative estimate of drug-likeness (QED) is 0.792. The van der Waals surface area contributed by atoms with E-state index in [1.54, 1.807) is 6.20 Å². The highest BCUT2D eigenvalue weighted by Gasteiger charge is 2.25. The summed E-state index contributed by atoms with van der Waals surface area (Å²) >= 11 is 0. The maximum atomic E-state index is 5.91. The van der Waals surface area contributed by atoms with Crippen molar-refractivity contribution >= 4 is 5.82 Å². The van der Waals surface area contributed by atoms with E-state index in [0.29, 0.717) is 17.7 Å². The summed E-state index contributed by atoms with van der Waals surface area (Å²) in [6, 6.07) is 0. The molecule has 7 nitrogen and oxygen atoms in total. The molecule has 140 valence electrons. The highest BCUT2D eigenvalue weighted by atomic mass is 16.5. The third-order valence-electron chi connectivity index (χ3n) is 5.71. The van der Waals surface area contributed by atoms with Crippen molar-refractivity contribution in [2.24, 2.45) is 5.92 Å². The Balaban J connectivity index is 1.34. The molecule has 0 atom stereocenters. The van der Waals surface area contributed by atoms with E-state index in [1.807, 2.05) is 12.5 Å². The molecule has 0 spiro atoms. The number of aryl methyl sites for hydroxylation is 1. The van der Waals surface area contributed by atoms with Crippen LogP contribution in [0, 0.1) is 5.92 Å². The van der Waals surface area contributed by atoms with E-state index in [0.717, 1.165) is 50.7 Å². The normalized spacial score (nSPS) is 19.2. The minimum atomic E-state index is 0.475. The van der Waals surface area contributed by atoms with Crippen LogP contribution in [0.1, 0.15) is 57.2 Å². The number of hydrogen-bond donors (Lipinski definition) is 0. The maximum absolute atomic E-state index is 5.91. The first-order valence-corrected chi connectivity index (χ1v) is 9.91. The molecule has 2 aromatic rings. The molecule has 0 aromatic carbocycles. The Bertz CT molecular complexity index is 704. The van der Waals surface area contributed by atoms with Crippen LogP contribution in [-0.4, -0.2) is 44.4 Å². The molecule has 1 saturated heterocycles. The van der Waals surface area contributed by atoms with E-state index in [2.05, 4.69) is 36.6 Å². The average molecular weight is 356 g/mol. The Morgan fingerprint density at radius 2 is 1.92 bits per heavy atom. The second-order valence-corrected chi connectivity index (χ2v) is 7.41. The van der Waals surface area contributed by atoms with Crippen molar-refractivity contribution in [3.05, 3.63) is 24.5 Å². The molecule has 2 aliphatic rings. The van der Waals surface area contributed by atoms with Crippen LogP contribution in [0.4, 0.5) is 5.82 Å². The summed E-state index contributed by atoms with van der Waals surface area (Å²) in [4.78, 5) is 11.3. The molecule has 3 heterocycles. The number of hydrogen-bond acceptors (Lipinski definition) is 6. The predicted molar refractivity (Wildman–Crippen MR) is 99.4 cm³/mol. The fraction of sp³-hybridized carbons (Fsp3) is 0.684. The first-order chi connectivity index (χ1) is 12.8. The molecule has 4 rings (SSSR count). The number of anilines is 1. The summed E-state index contributed by atoms with van der Waals surface area (Å²) in [5, 5.41) is 8.40. The Kier molecular flexibility index (Phi) is 5.32. The molecule has 1 aliphatic heterocycles. The lowest BCUT2D eigenvalue weighted by Gasteiger charge is -2.32. The van der Waals surface area contributed by atoms with Gasteiger partial charge < -0.3 is 14.2 Å². The molecule has 0 amide bonds. The third-order valence-corrected chi connectivity index (χ3v) is 5.71. The van der Waals surface area contributed by atoms with E-state index >= 15 is 0 Å². The van der Waals surface area contributed by atoms with Gasteiger partial charge in [-0.2, -0.15) is 4.98 Å². The summed E-state index contributed by atoms with van der Waals surface area (Å²) in [7, 11) is 0. The van der Waals surface area contributed by atoms with Crippen LogP contribution in [0.5, 0.6) is 5.88 Å². The number of rotatable bonds is 6. The van der Waals surface area contributed by atoms with Gasteiger partial charge in [0.05, 0.1) is 19.0 Å². The minimum absolute atomic E-state index is 0.475. The highest BCUT2D eigenvalue weighted by molar-refractivity contribution is 5.38. The highest BCUT2D eigenvalue weighted by Crippen LogP contribution is 2.29. The summed E-state index contributed by atoms with van der Waals surface area (Å²) in [6.45, 7) is 5.75. The van der Waals surface area contributed by atoms with Gasteiger partial charge in [-0.3, -0.25) is 4.98 Å². The number of aromatic nitrogens is 5. The lowest BCUT2D eigenvalue weighted by Crippen LogP contribution is -2.34. The summed E-state index contributed by atoms with van der Waals surface area (Å²) < 4.78 is 8.06. The van der Waals surface area contributed by atoms with Crippen LogP contribution in [0.2, 0.25) is 0 Å². The molecule has 2 aromatic heterocycles. The van der Waals surface area contributed by atoms with Gasteiger partial charge in [-0.15, -0.1) is 10.2 Å². The summed E-state index contributed by atoms with van der Waals surface area (Å²) in [5.41, 5.74) is 0. The van der Waals surface area contributed by atoms with Crippen LogP contribution < -0.4 is 9.64 Å². The predicted octanol–water partition coefficient (Wildman–Crippen LogP) is 3.04. The van der Waals surface area contributed by atoms with Crippen LogP contribution >= 0.6 is 0 Å². The van der Waals surface area contributed by atoms with Gasteiger partial charge in [0, 0.05) is 25.6 Å². The Labute approximate surface area is 154 Å². The van der Waals surface area contributed by atoms with Crippen molar-refractivity contribution in [2.75, 3.05) is 24.6 Å². The van der Waals surface area contributed by atoms with Crippen molar-refractivity contribution < 1.29 is 4.74 Å². The molecule has 0 bridgehead atoms. The molecule has 1 saturated carbocycles. The molecule has 7 heteroatoms. The van der Waals surface area contributed by atoms with E-state index < -0.39 is 0 Å². The smallest absolute Gasteiger partial charge is 0.234 e. The fourth-order valence-corrected chi connectivity index (χ4v) is 4.13. The van der Waals surface area contributed by atoms with Crippen molar-refractivity contribution in [1.82, 2.24) is 24.7 Å². The van der Waals surface area contributed by atoms with Crippen LogP contribution in [0.15, 0.2) is 18.7 Å². The lowest BCUT2D eigenvalue weighted by atomic mass is 9.96. The van der Waals surface area contributed by atoms with Gasteiger partial charge in [-0.25, -0.2) is 0 Å². The molecule has 26 heavy (non-hydrogen) atoms. The van der Waals surface area contributed by atoms with Crippen LogP contribution in [-0.2, 0) is 6.54 Å². The van der Waals surface area contributed by atoms with Gasteiger partial charge in [-0.05, 0) is 38.5 Å². The molecule has 2 fully saturated rings. The van der Waals surface area contributed by atoms with Gasteiger partial charge in [0.1, 0.15) is 12.2 Å². The molecular formula is C19H28N6O. The topological polar surface area (TPSA) is 69.0 Å². The zero-order chi connectivity index (χ0) is 17.8.